The molecule has 1 atom stereocenters. The normalized spacial score (nSPS) is 12.3. The van der Waals surface area contributed by atoms with Gasteiger partial charge in [0.15, 0.2) is 0 Å². The molecule has 2 rings (SSSR count). The highest BCUT2D eigenvalue weighted by molar-refractivity contribution is 9.10. The maximum absolute atomic E-state index is 6.22. The topological polar surface area (TPSA) is 12.0 Å². The molecule has 0 radical (unpaired) electrons. The van der Waals surface area contributed by atoms with Crippen molar-refractivity contribution in [2.24, 2.45) is 0 Å². The molecule has 2 aromatic carbocycles. The van der Waals surface area contributed by atoms with E-state index in [1.54, 1.807) is 6.07 Å². The first-order chi connectivity index (χ1) is 8.97. The number of halogens is 3. The molecule has 0 aliphatic carbocycles. The predicted molar refractivity (Wildman–Crippen MR) is 87.4 cm³/mol. The van der Waals surface area contributed by atoms with Crippen LogP contribution in [0.2, 0.25) is 10.0 Å². The molecule has 0 aromatic heterocycles. The lowest BCUT2D eigenvalue weighted by Crippen LogP contribution is -2.07. The Hall–Kier alpha value is -0.700. The Kier molecular flexibility index (Phi) is 4.77. The first-order valence-corrected chi connectivity index (χ1v) is 7.50. The van der Waals surface area contributed by atoms with Gasteiger partial charge in [-0.25, -0.2) is 0 Å². The zero-order valence-electron chi connectivity index (χ0n) is 10.7. The van der Waals surface area contributed by atoms with Crippen LogP contribution in [0.5, 0.6) is 0 Å². The van der Waals surface area contributed by atoms with E-state index in [-0.39, 0.29) is 6.04 Å². The Morgan fingerprint density at radius 2 is 1.84 bits per heavy atom. The average Bonchev–Trinajstić information content (AvgIpc) is 2.32. The fraction of sp³-hybridized carbons (Fsp3) is 0.200. The quantitative estimate of drug-likeness (QED) is 0.684. The third kappa shape index (κ3) is 3.65. The fourth-order valence-electron chi connectivity index (χ4n) is 1.90. The van der Waals surface area contributed by atoms with E-state index >= 15 is 0 Å². The average molecular weight is 359 g/mol. The van der Waals surface area contributed by atoms with Gasteiger partial charge in [0.2, 0.25) is 0 Å². The van der Waals surface area contributed by atoms with Crippen LogP contribution in [0.4, 0.5) is 5.69 Å². The van der Waals surface area contributed by atoms with Gasteiger partial charge in [-0.2, -0.15) is 0 Å². The van der Waals surface area contributed by atoms with Crippen molar-refractivity contribution < 1.29 is 0 Å². The molecule has 0 heterocycles. The van der Waals surface area contributed by atoms with Crippen molar-refractivity contribution in [1.82, 2.24) is 0 Å². The van der Waals surface area contributed by atoms with Crippen molar-refractivity contribution in [1.29, 1.82) is 0 Å². The molecular weight excluding hydrogens is 345 g/mol. The van der Waals surface area contributed by atoms with Crippen LogP contribution in [-0.2, 0) is 0 Å². The molecule has 0 aliphatic rings. The molecule has 0 saturated carbocycles. The molecule has 1 unspecified atom stereocenters. The minimum atomic E-state index is 0.101. The van der Waals surface area contributed by atoms with Crippen molar-refractivity contribution in [2.75, 3.05) is 5.32 Å². The highest BCUT2D eigenvalue weighted by Crippen LogP contribution is 2.31. The summed E-state index contributed by atoms with van der Waals surface area (Å²) in [5.41, 5.74) is 3.29. The molecule has 4 heteroatoms. The van der Waals surface area contributed by atoms with E-state index in [4.69, 9.17) is 23.2 Å². The van der Waals surface area contributed by atoms with Gasteiger partial charge < -0.3 is 5.32 Å². The Labute approximate surface area is 132 Å². The first kappa shape index (κ1) is 14.7. The summed E-state index contributed by atoms with van der Waals surface area (Å²) in [5.74, 6) is 0. The van der Waals surface area contributed by atoms with Crippen molar-refractivity contribution in [3.63, 3.8) is 0 Å². The van der Waals surface area contributed by atoms with Gasteiger partial charge in [-0.3, -0.25) is 0 Å². The molecule has 0 amide bonds. The maximum atomic E-state index is 6.22. The van der Waals surface area contributed by atoms with Gasteiger partial charge in [0.25, 0.3) is 0 Å². The molecule has 2 aromatic rings. The van der Waals surface area contributed by atoms with Gasteiger partial charge in [-0.05, 0) is 65.2 Å². The van der Waals surface area contributed by atoms with Crippen LogP contribution in [0.15, 0.2) is 40.9 Å². The van der Waals surface area contributed by atoms with Crippen LogP contribution < -0.4 is 5.32 Å². The molecule has 0 spiro atoms. The second-order valence-electron chi connectivity index (χ2n) is 4.52. The molecule has 1 N–H and O–H groups in total. The minimum absolute atomic E-state index is 0.101. The van der Waals surface area contributed by atoms with Crippen LogP contribution in [0.1, 0.15) is 24.1 Å². The summed E-state index contributed by atoms with van der Waals surface area (Å²) < 4.78 is 1.05. The van der Waals surface area contributed by atoms with E-state index in [9.17, 15) is 0 Å². The summed E-state index contributed by atoms with van der Waals surface area (Å²) >= 11 is 15.7. The summed E-state index contributed by atoms with van der Waals surface area (Å²) in [5, 5.41) is 4.77. The molecule has 1 nitrogen and oxygen atoms in total. The van der Waals surface area contributed by atoms with E-state index in [2.05, 4.69) is 53.3 Å². The van der Waals surface area contributed by atoms with Gasteiger partial charge in [0.1, 0.15) is 0 Å². The summed E-state index contributed by atoms with van der Waals surface area (Å²) in [7, 11) is 0. The van der Waals surface area contributed by atoms with E-state index in [0.29, 0.717) is 10.0 Å². The molecule has 100 valence electrons. The number of benzene rings is 2. The van der Waals surface area contributed by atoms with Crippen LogP contribution in [0.25, 0.3) is 0 Å². The van der Waals surface area contributed by atoms with Gasteiger partial charge >= 0.3 is 0 Å². The second-order valence-corrected chi connectivity index (χ2v) is 6.21. The smallest absolute Gasteiger partial charge is 0.0500 e. The van der Waals surface area contributed by atoms with Gasteiger partial charge in [0, 0.05) is 20.2 Å². The summed E-state index contributed by atoms with van der Waals surface area (Å²) in [6.07, 6.45) is 0. The van der Waals surface area contributed by atoms with E-state index in [0.717, 1.165) is 15.7 Å². The number of hydrogen-bond acceptors (Lipinski definition) is 1. The second kappa shape index (κ2) is 6.17. The number of hydrogen-bond donors (Lipinski definition) is 1. The SMILES string of the molecule is Cc1ccc(NC(C)c2ccc(Cl)cc2Cl)c(Br)c1. The highest BCUT2D eigenvalue weighted by atomic mass is 79.9. The highest BCUT2D eigenvalue weighted by Gasteiger charge is 2.11. The molecular formula is C15H14BrCl2N. The van der Waals surface area contributed by atoms with Crippen LogP contribution in [0, 0.1) is 6.92 Å². The molecule has 19 heavy (non-hydrogen) atoms. The number of nitrogens with one attached hydrogen (secondary N) is 1. The Balaban J connectivity index is 2.23. The lowest BCUT2D eigenvalue weighted by atomic mass is 10.1. The van der Waals surface area contributed by atoms with E-state index < -0.39 is 0 Å². The lowest BCUT2D eigenvalue weighted by Gasteiger charge is -2.18. The predicted octanol–water partition coefficient (Wildman–Crippen LogP) is 6.24. The molecule has 0 aliphatic heterocycles. The Morgan fingerprint density at radius 3 is 2.47 bits per heavy atom. The largest absolute Gasteiger partial charge is 0.378 e. The molecule has 0 saturated heterocycles. The van der Waals surface area contributed by atoms with Crippen LogP contribution in [0.3, 0.4) is 0 Å². The van der Waals surface area contributed by atoms with Crippen LogP contribution >= 0.6 is 39.1 Å². The van der Waals surface area contributed by atoms with Crippen molar-refractivity contribution in [2.45, 2.75) is 19.9 Å². The minimum Gasteiger partial charge on any atom is -0.378 e. The Bertz CT molecular complexity index is 599. The van der Waals surface area contributed by atoms with Crippen molar-refractivity contribution >= 4 is 44.8 Å². The summed E-state index contributed by atoms with van der Waals surface area (Å²) in [6.45, 7) is 4.13. The summed E-state index contributed by atoms with van der Waals surface area (Å²) in [6, 6.07) is 11.9. The van der Waals surface area contributed by atoms with E-state index in [1.807, 2.05) is 12.1 Å². The molecule has 0 fully saturated rings. The van der Waals surface area contributed by atoms with E-state index in [1.165, 1.54) is 5.56 Å². The number of aryl methyl sites for hydroxylation is 1. The Morgan fingerprint density at radius 1 is 1.11 bits per heavy atom. The molecule has 0 bridgehead atoms. The number of anilines is 1. The standard InChI is InChI=1S/C15H14BrCl2N/c1-9-3-6-15(13(16)7-9)19-10(2)12-5-4-11(17)8-14(12)18/h3-8,10,19H,1-2H3. The number of rotatable bonds is 3. The third-order valence-corrected chi connectivity index (χ3v) is 4.14. The monoisotopic (exact) mass is 357 g/mol. The third-order valence-electron chi connectivity index (χ3n) is 2.93. The fourth-order valence-corrected chi connectivity index (χ4v) is 3.08. The first-order valence-electron chi connectivity index (χ1n) is 5.95. The lowest BCUT2D eigenvalue weighted by molar-refractivity contribution is 0.884. The zero-order valence-corrected chi connectivity index (χ0v) is 13.8. The van der Waals surface area contributed by atoms with Gasteiger partial charge in [-0.15, -0.1) is 0 Å². The van der Waals surface area contributed by atoms with Gasteiger partial charge in [-0.1, -0.05) is 35.3 Å². The van der Waals surface area contributed by atoms with Crippen molar-refractivity contribution in [3.8, 4) is 0 Å². The van der Waals surface area contributed by atoms with Crippen LogP contribution in [-0.4, -0.2) is 0 Å². The van der Waals surface area contributed by atoms with Gasteiger partial charge in [0.05, 0.1) is 6.04 Å². The summed E-state index contributed by atoms with van der Waals surface area (Å²) in [4.78, 5) is 0. The van der Waals surface area contributed by atoms with Crippen molar-refractivity contribution in [3.05, 3.63) is 62.0 Å². The zero-order chi connectivity index (χ0) is 14.0. The maximum Gasteiger partial charge on any atom is 0.0500 e.